The van der Waals surface area contributed by atoms with Gasteiger partial charge in [0, 0.05) is 32.6 Å². The molecule has 0 bridgehead atoms. The first-order valence-corrected chi connectivity index (χ1v) is 6.80. The van der Waals surface area contributed by atoms with E-state index in [1.54, 1.807) is 0 Å². The molecule has 0 aromatic heterocycles. The van der Waals surface area contributed by atoms with Crippen molar-refractivity contribution in [1.82, 2.24) is 0 Å². The minimum Gasteiger partial charge on any atom is -0.173 e. The molecule has 0 spiro atoms. The molecule has 0 fully saturated rings. The first-order valence-electron chi connectivity index (χ1n) is 5.55. The highest BCUT2D eigenvalue weighted by Gasteiger charge is 2.35. The molecule has 0 heterocycles. The molecule has 0 saturated heterocycles. The molecule has 0 aromatic rings. The van der Waals surface area contributed by atoms with Gasteiger partial charge in [-0.15, -0.1) is 0 Å². The van der Waals surface area contributed by atoms with Gasteiger partial charge >= 0.3 is 0 Å². The van der Waals surface area contributed by atoms with Crippen LogP contribution in [0.3, 0.4) is 0 Å². The van der Waals surface area contributed by atoms with Gasteiger partial charge in [0.1, 0.15) is 4.35 Å². The van der Waals surface area contributed by atoms with E-state index >= 15 is 0 Å². The minimum atomic E-state index is 0.816. The lowest BCUT2D eigenvalue weighted by molar-refractivity contribution is 3.52. The Balaban J connectivity index is 4.36. The summed E-state index contributed by atoms with van der Waals surface area (Å²) < 4.78 is 0.836. The predicted molar refractivity (Wildman–Crippen MR) is 101 cm³/mol. The van der Waals surface area contributed by atoms with Crippen molar-refractivity contribution >= 4 is 106 Å². The van der Waals surface area contributed by atoms with Gasteiger partial charge in [-0.3, -0.25) is 0 Å². The highest BCUT2D eigenvalue weighted by Crippen LogP contribution is 2.04. The summed E-state index contributed by atoms with van der Waals surface area (Å²) in [4.78, 5) is 0. The van der Waals surface area contributed by atoms with Crippen molar-refractivity contribution in [2.45, 2.75) is 0 Å². The number of hydrogen-bond donors (Lipinski definition) is 0. The van der Waals surface area contributed by atoms with E-state index in [-0.39, 0.29) is 0 Å². The van der Waals surface area contributed by atoms with E-state index in [1.165, 1.54) is 7.06 Å². The number of rotatable bonds is 5. The molecule has 56 valence electrons. The highest BCUT2D eigenvalue weighted by molar-refractivity contribution is 14.1. The zero-order chi connectivity index (χ0) is 10.6. The lowest BCUT2D eigenvalue weighted by Gasteiger charge is -2.26. The molecule has 13 heavy (non-hydrogen) atoms. The van der Waals surface area contributed by atoms with Crippen LogP contribution in [0.1, 0.15) is 0 Å². The third-order valence-electron chi connectivity index (χ3n) is 3.09. The summed E-state index contributed by atoms with van der Waals surface area (Å²) in [5.74, 6) is 0. The molecular formula is H13B12I. The Bertz CT molecular complexity index is 121. The molecule has 0 aliphatic heterocycles. The van der Waals surface area contributed by atoms with Crippen LogP contribution < -0.4 is 0 Å². The summed E-state index contributed by atoms with van der Waals surface area (Å²) in [6.45, 7) is 0. The zero-order valence-corrected chi connectivity index (χ0v) is 12.1. The second kappa shape index (κ2) is 6.90. The number of hydrogen-bond acceptors (Lipinski definition) is 0. The molecular weight excluding hydrogens is 257 g/mol. The molecule has 0 N–H and O–H groups in total. The van der Waals surface area contributed by atoms with Crippen molar-refractivity contribution in [2.75, 3.05) is 0 Å². The molecule has 0 rings (SSSR count). The maximum atomic E-state index is 2.66. The molecule has 0 atom stereocenters. The van der Waals surface area contributed by atoms with E-state index in [1.807, 2.05) is 0 Å². The van der Waals surface area contributed by atoms with Gasteiger partial charge in [0.15, 0.2) is 0 Å². The summed E-state index contributed by atoms with van der Waals surface area (Å²) in [7, 11) is 15.4. The van der Waals surface area contributed by atoms with Crippen molar-refractivity contribution in [3.05, 3.63) is 0 Å². The highest BCUT2D eigenvalue weighted by atomic mass is 127. The Morgan fingerprint density at radius 2 is 1.31 bits per heavy atom. The van der Waals surface area contributed by atoms with Crippen molar-refractivity contribution in [1.29, 1.82) is 0 Å². The molecule has 0 aromatic carbocycles. The van der Waals surface area contributed by atoms with Gasteiger partial charge in [0.25, 0.3) is 0 Å². The van der Waals surface area contributed by atoms with E-state index in [9.17, 15) is 0 Å². The molecule has 0 amide bonds. The van der Waals surface area contributed by atoms with Crippen LogP contribution in [-0.4, -0.2) is 83.4 Å². The predicted octanol–water partition coefficient (Wildman–Crippen LogP) is -7.16. The zero-order valence-electron chi connectivity index (χ0n) is 9.97. The van der Waals surface area contributed by atoms with Gasteiger partial charge in [-0.05, 0) is 0 Å². The van der Waals surface area contributed by atoms with E-state index in [2.05, 4.69) is 68.8 Å². The topological polar surface area (TPSA) is 0 Å². The Morgan fingerprint density at radius 3 is 1.54 bits per heavy atom. The van der Waals surface area contributed by atoms with Crippen LogP contribution in [0.5, 0.6) is 0 Å². The second-order valence-electron chi connectivity index (χ2n) is 4.90. The third-order valence-corrected chi connectivity index (χ3v) is 5.15. The molecule has 0 unspecified atom stereocenters. The summed E-state index contributed by atoms with van der Waals surface area (Å²) in [5.41, 5.74) is 0. The van der Waals surface area contributed by atoms with Gasteiger partial charge in [-0.1, -0.05) is 0 Å². The fourth-order valence-corrected chi connectivity index (χ4v) is 4.28. The van der Waals surface area contributed by atoms with E-state index in [4.69, 9.17) is 0 Å². The summed E-state index contributed by atoms with van der Waals surface area (Å²) in [5, 5.41) is 0. The van der Waals surface area contributed by atoms with Gasteiger partial charge in [-0.25, -0.2) is 0 Å². The largest absolute Gasteiger partial charge is 0.173 e. The van der Waals surface area contributed by atoms with Crippen LogP contribution in [0.4, 0.5) is 0 Å². The summed E-state index contributed by atoms with van der Waals surface area (Å²) in [6, 6.07) is 0. The van der Waals surface area contributed by atoms with E-state index < -0.39 is 0 Å². The van der Waals surface area contributed by atoms with E-state index in [0.717, 1.165) is 29.9 Å². The minimum absolute atomic E-state index is 0.816. The van der Waals surface area contributed by atoms with Crippen molar-refractivity contribution in [2.24, 2.45) is 0 Å². The third kappa shape index (κ3) is 4.70. The average Bonchev–Trinajstić information content (AvgIpc) is 2.01. The van der Waals surface area contributed by atoms with Gasteiger partial charge in [-0.2, -0.15) is 22.4 Å². The number of halogens is 1. The Kier molecular flexibility index (Phi) is 7.70. The quantitative estimate of drug-likeness (QED) is 0.344. The first-order chi connectivity index (χ1) is 5.91. The summed E-state index contributed by atoms with van der Waals surface area (Å²) in [6.07, 6.45) is 3.36. The Labute approximate surface area is 105 Å². The molecule has 0 radical (unpaired) electrons. The van der Waals surface area contributed by atoms with Gasteiger partial charge < -0.3 is 0 Å². The molecule has 0 aliphatic rings. The fraction of sp³-hybridized carbons (Fsp3) is 0. The van der Waals surface area contributed by atoms with Crippen LogP contribution in [0.15, 0.2) is 0 Å². The lowest BCUT2D eigenvalue weighted by Crippen LogP contribution is -2.65. The van der Waals surface area contributed by atoms with Crippen LogP contribution in [0.25, 0.3) is 0 Å². The van der Waals surface area contributed by atoms with Crippen LogP contribution in [-0.2, 0) is 0 Å². The molecule has 0 nitrogen and oxygen atoms in total. The normalized spacial score (nSPS) is 8.69. The maximum absolute atomic E-state index is 2.66. The van der Waals surface area contributed by atoms with Crippen molar-refractivity contribution < 1.29 is 0 Å². The maximum Gasteiger partial charge on any atom is 0.121 e. The molecule has 0 saturated carbocycles. The van der Waals surface area contributed by atoms with E-state index in [0.29, 0.717) is 0 Å². The smallest absolute Gasteiger partial charge is 0.121 e. The standard InChI is InChI=1S/B12H13I/c1-7-10(6)12(13)11(8(2)3)9(4)5/h7H,1-6H2. The molecule has 13 heteroatoms. The van der Waals surface area contributed by atoms with Crippen LogP contribution >= 0.6 is 22.4 Å². The Morgan fingerprint density at radius 1 is 0.923 bits per heavy atom. The average molecular weight is 270 g/mol. The van der Waals surface area contributed by atoms with Crippen LogP contribution in [0.2, 0.25) is 0 Å². The van der Waals surface area contributed by atoms with Crippen molar-refractivity contribution in [3.63, 3.8) is 0 Å². The van der Waals surface area contributed by atoms with Gasteiger partial charge in [0.05, 0.1) is 46.4 Å². The summed E-state index contributed by atoms with van der Waals surface area (Å²) >= 11 is 2.66. The fourth-order valence-electron chi connectivity index (χ4n) is 2.11. The van der Waals surface area contributed by atoms with Gasteiger partial charge in [0.2, 0.25) is 0 Å². The Hall–Kier alpha value is 1.51. The lowest BCUT2D eigenvalue weighted by atomic mass is 8.59. The first kappa shape index (κ1) is 14.5. The van der Waals surface area contributed by atoms with Crippen LogP contribution in [0, 0.1) is 0 Å². The SMILES string of the molecule is BBB(B)B(I)B(B(B)B)B(B)B. The second-order valence-corrected chi connectivity index (χ2v) is 6.33. The monoisotopic (exact) mass is 272 g/mol. The molecule has 0 aliphatic carbocycles. The van der Waals surface area contributed by atoms with Crippen molar-refractivity contribution in [3.8, 4) is 0 Å².